The van der Waals surface area contributed by atoms with Gasteiger partial charge in [-0.15, -0.1) is 0 Å². The van der Waals surface area contributed by atoms with Gasteiger partial charge >= 0.3 is 0 Å². The molecule has 0 aromatic carbocycles. The number of carbonyl (C=O) groups is 1. The van der Waals surface area contributed by atoms with E-state index in [2.05, 4.69) is 39.5 Å². The molecular weight excluding hydrogens is 198 g/mol. The second-order valence-electron chi connectivity index (χ2n) is 6.02. The van der Waals surface area contributed by atoms with Crippen LogP contribution in [0.15, 0.2) is 0 Å². The third kappa shape index (κ3) is 3.07. The average Bonchev–Trinajstić information content (AvgIpc) is 2.19. The largest absolute Gasteiger partial charge is 0.300 e. The number of hydrogen-bond donors (Lipinski definition) is 0. The van der Waals surface area contributed by atoms with Crippen LogP contribution < -0.4 is 0 Å². The van der Waals surface area contributed by atoms with Crippen LogP contribution in [0.25, 0.3) is 0 Å². The highest BCUT2D eigenvalue weighted by Gasteiger charge is 2.37. The van der Waals surface area contributed by atoms with E-state index in [0.29, 0.717) is 11.8 Å². The van der Waals surface area contributed by atoms with E-state index in [1.54, 1.807) is 0 Å². The second kappa shape index (κ2) is 5.31. The highest BCUT2D eigenvalue weighted by Crippen LogP contribution is 2.35. The quantitative estimate of drug-likeness (QED) is 0.732. The minimum atomic E-state index is -0.0840. The van der Waals surface area contributed by atoms with Crippen molar-refractivity contribution < 1.29 is 4.79 Å². The van der Waals surface area contributed by atoms with E-state index in [1.165, 1.54) is 6.42 Å². The normalized spacial score (nSPS) is 25.4. The van der Waals surface area contributed by atoms with Crippen LogP contribution in [-0.2, 0) is 4.79 Å². The molecule has 0 spiro atoms. The van der Waals surface area contributed by atoms with E-state index in [9.17, 15) is 4.79 Å². The number of nitrogens with zero attached hydrogens (tertiary/aromatic N) is 1. The number of ketones is 1. The van der Waals surface area contributed by atoms with E-state index in [4.69, 9.17) is 0 Å². The van der Waals surface area contributed by atoms with Crippen LogP contribution in [0.2, 0.25) is 0 Å². The summed E-state index contributed by atoms with van der Waals surface area (Å²) in [6.45, 7) is 12.8. The predicted octanol–water partition coefficient (Wildman–Crippen LogP) is 3.11. The van der Waals surface area contributed by atoms with E-state index in [0.717, 1.165) is 25.9 Å². The first-order valence-corrected chi connectivity index (χ1v) is 6.67. The highest BCUT2D eigenvalue weighted by molar-refractivity contribution is 5.87. The van der Waals surface area contributed by atoms with E-state index >= 15 is 0 Å². The molecule has 94 valence electrons. The molecule has 1 rings (SSSR count). The van der Waals surface area contributed by atoms with E-state index < -0.39 is 0 Å². The van der Waals surface area contributed by atoms with Gasteiger partial charge in [0.1, 0.15) is 5.78 Å². The van der Waals surface area contributed by atoms with Crippen LogP contribution in [0.3, 0.4) is 0 Å². The van der Waals surface area contributed by atoms with Gasteiger partial charge in [-0.3, -0.25) is 4.79 Å². The second-order valence-corrected chi connectivity index (χ2v) is 6.02. The maximum Gasteiger partial charge on any atom is 0.142 e. The summed E-state index contributed by atoms with van der Waals surface area (Å²) in [5.41, 5.74) is -0.0840. The van der Waals surface area contributed by atoms with Crippen molar-refractivity contribution in [3.05, 3.63) is 0 Å². The molecule has 1 unspecified atom stereocenters. The Morgan fingerprint density at radius 1 is 1.44 bits per heavy atom. The Hall–Kier alpha value is -0.370. The van der Waals surface area contributed by atoms with Crippen molar-refractivity contribution in [1.29, 1.82) is 0 Å². The fourth-order valence-electron chi connectivity index (χ4n) is 2.76. The first kappa shape index (κ1) is 13.7. The van der Waals surface area contributed by atoms with Crippen LogP contribution in [0, 0.1) is 11.3 Å². The van der Waals surface area contributed by atoms with Crippen molar-refractivity contribution in [2.45, 2.75) is 59.9 Å². The summed E-state index contributed by atoms with van der Waals surface area (Å²) in [6.07, 6.45) is 3.36. The van der Waals surface area contributed by atoms with Crippen LogP contribution in [0.1, 0.15) is 53.9 Å². The molecule has 1 atom stereocenters. The molecule has 0 bridgehead atoms. The number of rotatable bonds is 4. The summed E-state index contributed by atoms with van der Waals surface area (Å²) >= 11 is 0. The maximum absolute atomic E-state index is 12.3. The van der Waals surface area contributed by atoms with Gasteiger partial charge in [-0.1, -0.05) is 27.2 Å². The Balaban J connectivity index is 2.63. The lowest BCUT2D eigenvalue weighted by molar-refractivity contribution is -0.135. The topological polar surface area (TPSA) is 20.3 Å². The standard InChI is InChI=1S/C14H27NO/c1-6-15(11(2)3)10-12-8-7-9-14(4,5)13(12)16/h11-12H,6-10H2,1-5H3. The molecule has 1 saturated carbocycles. The number of hydrogen-bond acceptors (Lipinski definition) is 2. The van der Waals surface area contributed by atoms with Crippen molar-refractivity contribution in [2.24, 2.45) is 11.3 Å². The van der Waals surface area contributed by atoms with Gasteiger partial charge in [-0.2, -0.15) is 0 Å². The molecule has 1 aliphatic carbocycles. The van der Waals surface area contributed by atoms with Gasteiger partial charge in [0.05, 0.1) is 0 Å². The third-order valence-electron chi connectivity index (χ3n) is 3.98. The van der Waals surface area contributed by atoms with Crippen molar-refractivity contribution in [3.63, 3.8) is 0 Å². The Morgan fingerprint density at radius 2 is 2.06 bits per heavy atom. The molecule has 1 fully saturated rings. The smallest absolute Gasteiger partial charge is 0.142 e. The first-order chi connectivity index (χ1) is 7.38. The average molecular weight is 225 g/mol. The van der Waals surface area contributed by atoms with Crippen LogP contribution in [0.5, 0.6) is 0 Å². The molecule has 0 aromatic heterocycles. The van der Waals surface area contributed by atoms with Crippen molar-refractivity contribution >= 4 is 5.78 Å². The minimum Gasteiger partial charge on any atom is -0.300 e. The summed E-state index contributed by atoms with van der Waals surface area (Å²) in [5, 5.41) is 0. The highest BCUT2D eigenvalue weighted by atomic mass is 16.1. The van der Waals surface area contributed by atoms with Gasteiger partial charge in [-0.25, -0.2) is 0 Å². The number of Topliss-reactive ketones (excluding diaryl/α,β-unsaturated/α-hetero) is 1. The molecule has 0 N–H and O–H groups in total. The van der Waals surface area contributed by atoms with Crippen LogP contribution >= 0.6 is 0 Å². The minimum absolute atomic E-state index is 0.0840. The molecular formula is C14H27NO. The van der Waals surface area contributed by atoms with Crippen molar-refractivity contribution in [1.82, 2.24) is 4.90 Å². The van der Waals surface area contributed by atoms with Gasteiger partial charge in [0, 0.05) is 23.9 Å². The van der Waals surface area contributed by atoms with Crippen LogP contribution in [0.4, 0.5) is 0 Å². The maximum atomic E-state index is 12.3. The zero-order valence-electron chi connectivity index (χ0n) is 11.5. The van der Waals surface area contributed by atoms with Crippen molar-refractivity contribution in [2.75, 3.05) is 13.1 Å². The first-order valence-electron chi connectivity index (χ1n) is 6.67. The summed E-state index contributed by atoms with van der Waals surface area (Å²) in [4.78, 5) is 14.7. The molecule has 2 nitrogen and oxygen atoms in total. The van der Waals surface area contributed by atoms with Crippen molar-refractivity contribution in [3.8, 4) is 0 Å². The molecule has 2 heteroatoms. The monoisotopic (exact) mass is 225 g/mol. The zero-order chi connectivity index (χ0) is 12.3. The summed E-state index contributed by atoms with van der Waals surface area (Å²) in [5.74, 6) is 0.754. The fourth-order valence-corrected chi connectivity index (χ4v) is 2.76. The Bertz CT molecular complexity index is 245. The molecule has 0 amide bonds. The van der Waals surface area contributed by atoms with Gasteiger partial charge in [0.15, 0.2) is 0 Å². The molecule has 0 saturated heterocycles. The summed E-state index contributed by atoms with van der Waals surface area (Å²) in [7, 11) is 0. The lowest BCUT2D eigenvalue weighted by Crippen LogP contribution is -2.43. The summed E-state index contributed by atoms with van der Waals surface area (Å²) in [6, 6.07) is 0.544. The Morgan fingerprint density at radius 3 is 2.56 bits per heavy atom. The van der Waals surface area contributed by atoms with E-state index in [1.807, 2.05) is 0 Å². The molecule has 0 heterocycles. The van der Waals surface area contributed by atoms with Gasteiger partial charge in [-0.05, 0) is 33.2 Å². The fraction of sp³-hybridized carbons (Fsp3) is 0.929. The molecule has 0 aromatic rings. The molecule has 1 aliphatic rings. The Labute approximate surface area is 100 Å². The van der Waals surface area contributed by atoms with Gasteiger partial charge < -0.3 is 4.90 Å². The Kier molecular flexibility index (Phi) is 4.54. The molecule has 0 aliphatic heterocycles. The van der Waals surface area contributed by atoms with Gasteiger partial charge in [0.25, 0.3) is 0 Å². The SMILES string of the molecule is CCN(CC1CCCC(C)(C)C1=O)C(C)C. The lowest BCUT2D eigenvalue weighted by Gasteiger charge is -2.37. The van der Waals surface area contributed by atoms with Gasteiger partial charge in [0.2, 0.25) is 0 Å². The van der Waals surface area contributed by atoms with Crippen LogP contribution in [-0.4, -0.2) is 29.8 Å². The molecule has 16 heavy (non-hydrogen) atoms. The van der Waals surface area contributed by atoms with E-state index in [-0.39, 0.29) is 11.3 Å². The summed E-state index contributed by atoms with van der Waals surface area (Å²) < 4.78 is 0. The predicted molar refractivity (Wildman–Crippen MR) is 68.5 cm³/mol. The lowest BCUT2D eigenvalue weighted by atomic mass is 9.71. The zero-order valence-corrected chi connectivity index (χ0v) is 11.5. The molecule has 0 radical (unpaired) electrons. The number of carbonyl (C=O) groups excluding carboxylic acids is 1. The third-order valence-corrected chi connectivity index (χ3v) is 3.98.